The van der Waals surface area contributed by atoms with E-state index in [4.69, 9.17) is 0 Å². The van der Waals surface area contributed by atoms with Crippen molar-refractivity contribution < 1.29 is 18.6 Å². The Labute approximate surface area is 68.5 Å². The van der Waals surface area contributed by atoms with Gasteiger partial charge in [0.2, 0.25) is 0 Å². The molecule has 0 saturated carbocycles. The molecule has 1 aromatic heterocycles. The number of aromatic nitrogens is 1. The molecule has 0 unspecified atom stereocenters. The van der Waals surface area contributed by atoms with Crippen LogP contribution in [0.5, 0.6) is 0 Å². The summed E-state index contributed by atoms with van der Waals surface area (Å²) in [5.74, 6) is 0. The molecule has 0 fully saturated rings. The van der Waals surface area contributed by atoms with Crippen LogP contribution in [0, 0.1) is 6.07 Å². The zero-order chi connectivity index (χ0) is 5.11. The second kappa shape index (κ2) is 4.13. The van der Waals surface area contributed by atoms with Crippen LogP contribution in [0.1, 0.15) is 0 Å². The first-order valence-corrected chi connectivity index (χ1v) is 2.67. The third-order valence-corrected chi connectivity index (χ3v) is 1.01. The molecule has 8 heavy (non-hydrogen) atoms. The van der Waals surface area contributed by atoms with Crippen molar-refractivity contribution in [1.29, 1.82) is 0 Å². The molecule has 0 aliphatic rings. The standard InChI is InChI=1S/C5H3BrN.V/c6-5-3-1-2-4-7-5;/h1-2,4H;/q-1;+2. The molecule has 39 valence electrons. The van der Waals surface area contributed by atoms with Crippen LogP contribution in [0.15, 0.2) is 22.9 Å². The minimum atomic E-state index is 0. The van der Waals surface area contributed by atoms with Gasteiger partial charge in [-0.15, -0.1) is 0 Å². The van der Waals surface area contributed by atoms with Gasteiger partial charge in [0, 0.05) is 4.60 Å². The Kier molecular flexibility index (Phi) is 4.24. The van der Waals surface area contributed by atoms with Crippen LogP contribution in [-0.2, 0) is 18.6 Å². The zero-order valence-corrected chi connectivity index (χ0v) is 6.99. The summed E-state index contributed by atoms with van der Waals surface area (Å²) in [5.41, 5.74) is 0. The van der Waals surface area contributed by atoms with Gasteiger partial charge in [-0.3, -0.25) is 4.98 Å². The van der Waals surface area contributed by atoms with Crippen LogP contribution < -0.4 is 0 Å². The molecule has 0 spiro atoms. The summed E-state index contributed by atoms with van der Waals surface area (Å²) < 4.78 is 0.759. The number of nitrogens with zero attached hydrogens (tertiary/aromatic N) is 1. The number of halogens is 1. The van der Waals surface area contributed by atoms with Gasteiger partial charge >= 0.3 is 18.6 Å². The Balaban J connectivity index is 0.000000490. The smallest absolute Gasteiger partial charge is 0.289 e. The number of pyridine rings is 1. The topological polar surface area (TPSA) is 12.9 Å². The van der Waals surface area contributed by atoms with Gasteiger partial charge in [0.1, 0.15) is 0 Å². The summed E-state index contributed by atoms with van der Waals surface area (Å²) in [7, 11) is 0. The van der Waals surface area contributed by atoms with E-state index in [0.717, 1.165) is 4.60 Å². The van der Waals surface area contributed by atoms with Crippen molar-refractivity contribution in [2.45, 2.75) is 0 Å². The summed E-state index contributed by atoms with van der Waals surface area (Å²) in [5, 5.41) is 0. The van der Waals surface area contributed by atoms with E-state index >= 15 is 0 Å². The van der Waals surface area contributed by atoms with E-state index in [9.17, 15) is 0 Å². The molecule has 0 N–H and O–H groups in total. The van der Waals surface area contributed by atoms with E-state index in [1.54, 1.807) is 12.3 Å². The summed E-state index contributed by atoms with van der Waals surface area (Å²) in [6, 6.07) is 6.46. The predicted octanol–water partition coefficient (Wildman–Crippen LogP) is 1.64. The van der Waals surface area contributed by atoms with Crippen LogP contribution in [0.3, 0.4) is 0 Å². The Morgan fingerprint density at radius 2 is 2.38 bits per heavy atom. The normalized spacial score (nSPS) is 7.62. The molecule has 0 aromatic carbocycles. The molecule has 0 atom stereocenters. The second-order valence-electron chi connectivity index (χ2n) is 1.07. The van der Waals surface area contributed by atoms with E-state index in [1.165, 1.54) is 0 Å². The summed E-state index contributed by atoms with van der Waals surface area (Å²) in [6.45, 7) is 0. The average molecular weight is 208 g/mol. The van der Waals surface area contributed by atoms with E-state index in [-0.39, 0.29) is 18.6 Å². The van der Waals surface area contributed by atoms with Gasteiger partial charge in [0.25, 0.3) is 0 Å². The van der Waals surface area contributed by atoms with E-state index < -0.39 is 0 Å². The molecule has 1 radical (unpaired) electrons. The summed E-state index contributed by atoms with van der Waals surface area (Å²) >= 11 is 3.14. The molecule has 1 heterocycles. The second-order valence-corrected chi connectivity index (χ2v) is 1.82. The number of rotatable bonds is 0. The molecular weight excluding hydrogens is 205 g/mol. The van der Waals surface area contributed by atoms with E-state index in [1.807, 2.05) is 6.07 Å². The third-order valence-electron chi connectivity index (χ3n) is 0.573. The maximum Gasteiger partial charge on any atom is 2.00 e. The minimum absolute atomic E-state index is 0. The molecule has 0 saturated heterocycles. The van der Waals surface area contributed by atoms with Crippen LogP contribution in [-0.4, -0.2) is 4.98 Å². The van der Waals surface area contributed by atoms with Crippen molar-refractivity contribution in [2.75, 3.05) is 0 Å². The van der Waals surface area contributed by atoms with Crippen molar-refractivity contribution in [3.63, 3.8) is 0 Å². The van der Waals surface area contributed by atoms with E-state index in [0.29, 0.717) is 0 Å². The molecular formula is C5H3BrNV+. The Morgan fingerprint density at radius 3 is 2.62 bits per heavy atom. The van der Waals surface area contributed by atoms with Gasteiger partial charge in [0.15, 0.2) is 0 Å². The average Bonchev–Trinajstić information content (AvgIpc) is 1.69. The van der Waals surface area contributed by atoms with Crippen molar-refractivity contribution >= 4 is 15.9 Å². The maximum absolute atomic E-state index is 3.84. The fourth-order valence-electron chi connectivity index (χ4n) is 0.306. The molecule has 3 heteroatoms. The molecule has 1 rings (SSSR count). The van der Waals surface area contributed by atoms with Crippen molar-refractivity contribution in [1.82, 2.24) is 4.98 Å². The van der Waals surface area contributed by atoms with Crippen molar-refractivity contribution in [3.8, 4) is 0 Å². The van der Waals surface area contributed by atoms with Gasteiger partial charge in [0.05, 0.1) is 0 Å². The summed E-state index contributed by atoms with van der Waals surface area (Å²) in [4.78, 5) is 3.84. The monoisotopic (exact) mass is 207 g/mol. The Morgan fingerprint density at radius 1 is 1.62 bits per heavy atom. The Bertz CT molecular complexity index is 142. The number of hydrogen-bond acceptors (Lipinski definition) is 1. The third kappa shape index (κ3) is 2.50. The molecule has 1 nitrogen and oxygen atoms in total. The van der Waals surface area contributed by atoms with Gasteiger partial charge < -0.3 is 0 Å². The Hall–Kier alpha value is 0.214. The fraction of sp³-hybridized carbons (Fsp3) is 0. The molecule has 1 aromatic rings. The van der Waals surface area contributed by atoms with Gasteiger partial charge in [-0.25, -0.2) is 12.1 Å². The van der Waals surface area contributed by atoms with Crippen LogP contribution in [0.4, 0.5) is 0 Å². The molecule has 0 aliphatic carbocycles. The van der Waals surface area contributed by atoms with E-state index in [2.05, 4.69) is 27.0 Å². The molecule has 0 amide bonds. The van der Waals surface area contributed by atoms with Gasteiger partial charge in [-0.1, -0.05) is 22.1 Å². The quantitative estimate of drug-likeness (QED) is 0.466. The molecule has 0 bridgehead atoms. The number of hydrogen-bond donors (Lipinski definition) is 0. The minimum Gasteiger partial charge on any atom is -0.289 e. The first kappa shape index (κ1) is 8.21. The fourth-order valence-corrected chi connectivity index (χ4v) is 0.556. The van der Waals surface area contributed by atoms with Gasteiger partial charge in [-0.2, -0.15) is 6.07 Å². The summed E-state index contributed by atoms with van der Waals surface area (Å²) in [6.07, 6.45) is 1.71. The van der Waals surface area contributed by atoms with Crippen LogP contribution in [0.25, 0.3) is 0 Å². The van der Waals surface area contributed by atoms with Gasteiger partial charge in [-0.05, 0) is 0 Å². The zero-order valence-electron chi connectivity index (χ0n) is 4.00. The molecule has 0 aliphatic heterocycles. The predicted molar refractivity (Wildman–Crippen MR) is 30.8 cm³/mol. The first-order chi connectivity index (χ1) is 3.39. The van der Waals surface area contributed by atoms with Crippen LogP contribution >= 0.6 is 15.9 Å². The van der Waals surface area contributed by atoms with Crippen molar-refractivity contribution in [2.24, 2.45) is 0 Å². The largest absolute Gasteiger partial charge is 2.00 e. The van der Waals surface area contributed by atoms with Crippen LogP contribution in [0.2, 0.25) is 0 Å². The van der Waals surface area contributed by atoms with Crippen molar-refractivity contribution in [3.05, 3.63) is 29.0 Å². The first-order valence-electron chi connectivity index (χ1n) is 1.88. The SMILES string of the molecule is Brc1[c-]cccn1.[V+2]. The maximum atomic E-state index is 3.84.